The molecule has 0 fully saturated rings. The smallest absolute Gasteiger partial charge is 0.175 e. The minimum absolute atomic E-state index is 0.164. The zero-order chi connectivity index (χ0) is 11.8. The van der Waals surface area contributed by atoms with E-state index in [1.165, 1.54) is 19.1 Å². The lowest BCUT2D eigenvalue weighted by atomic mass is 10.1. The molecule has 3 nitrogen and oxygen atoms in total. The Kier molecular flexibility index (Phi) is 3.21. The van der Waals surface area contributed by atoms with Gasteiger partial charge in [-0.2, -0.15) is 0 Å². The fourth-order valence-electron chi connectivity index (χ4n) is 1.34. The molecular formula is C10H11ClO3S. The molecule has 0 heterocycles. The summed E-state index contributed by atoms with van der Waals surface area (Å²) in [6.45, 7) is 2.98. The van der Waals surface area contributed by atoms with Gasteiger partial charge in [-0.25, -0.2) is 8.42 Å². The van der Waals surface area contributed by atoms with E-state index in [1.54, 1.807) is 6.92 Å². The maximum atomic E-state index is 11.3. The summed E-state index contributed by atoms with van der Waals surface area (Å²) in [6.07, 6.45) is 1.11. The van der Waals surface area contributed by atoms with Gasteiger partial charge in [-0.15, -0.1) is 0 Å². The van der Waals surface area contributed by atoms with Gasteiger partial charge in [0.25, 0.3) is 0 Å². The third-order valence-electron chi connectivity index (χ3n) is 2.12. The van der Waals surface area contributed by atoms with E-state index in [0.29, 0.717) is 11.1 Å². The molecule has 1 aromatic carbocycles. The summed E-state index contributed by atoms with van der Waals surface area (Å²) in [5.74, 6) is -0.178. The summed E-state index contributed by atoms with van der Waals surface area (Å²) < 4.78 is 22.7. The van der Waals surface area contributed by atoms with E-state index in [2.05, 4.69) is 0 Å². The van der Waals surface area contributed by atoms with E-state index in [4.69, 9.17) is 11.6 Å². The lowest BCUT2D eigenvalue weighted by Crippen LogP contribution is -2.03. The second kappa shape index (κ2) is 3.94. The summed E-state index contributed by atoms with van der Waals surface area (Å²) in [6, 6.07) is 2.85. The van der Waals surface area contributed by atoms with Crippen molar-refractivity contribution in [3.8, 4) is 0 Å². The van der Waals surface area contributed by atoms with Crippen LogP contribution in [0, 0.1) is 6.92 Å². The van der Waals surface area contributed by atoms with Crippen LogP contribution in [-0.2, 0) is 9.84 Å². The third-order valence-corrected chi connectivity index (χ3v) is 3.84. The summed E-state index contributed by atoms with van der Waals surface area (Å²) in [7, 11) is -3.29. The Morgan fingerprint density at radius 1 is 1.33 bits per heavy atom. The van der Waals surface area contributed by atoms with Crippen LogP contribution in [0.15, 0.2) is 17.0 Å². The highest BCUT2D eigenvalue weighted by atomic mass is 35.5. The number of rotatable bonds is 2. The normalized spacial score (nSPS) is 11.5. The number of carbonyl (C=O) groups excluding carboxylic acids is 1. The van der Waals surface area contributed by atoms with Crippen molar-refractivity contribution in [2.75, 3.05) is 6.26 Å². The molecule has 0 unspecified atom stereocenters. The summed E-state index contributed by atoms with van der Waals surface area (Å²) in [4.78, 5) is 11.3. The predicted molar refractivity (Wildman–Crippen MR) is 59.3 cm³/mol. The Bertz CT molecular complexity index is 518. The van der Waals surface area contributed by atoms with E-state index in [0.717, 1.165) is 6.26 Å². The Hall–Kier alpha value is -0.870. The van der Waals surface area contributed by atoms with Gasteiger partial charge in [0.05, 0.1) is 9.92 Å². The molecule has 0 atom stereocenters. The van der Waals surface area contributed by atoms with Gasteiger partial charge in [0.15, 0.2) is 15.6 Å². The number of halogens is 1. The molecule has 0 amide bonds. The van der Waals surface area contributed by atoms with E-state index in [1.807, 2.05) is 0 Å². The van der Waals surface area contributed by atoms with Crippen molar-refractivity contribution in [1.29, 1.82) is 0 Å². The van der Waals surface area contributed by atoms with Crippen molar-refractivity contribution in [1.82, 2.24) is 0 Å². The van der Waals surface area contributed by atoms with E-state index in [9.17, 15) is 13.2 Å². The van der Waals surface area contributed by atoms with Crippen LogP contribution in [-0.4, -0.2) is 20.5 Å². The first-order chi connectivity index (χ1) is 6.75. The average molecular weight is 247 g/mol. The quantitative estimate of drug-likeness (QED) is 0.752. The van der Waals surface area contributed by atoms with Crippen LogP contribution in [0.5, 0.6) is 0 Å². The summed E-state index contributed by atoms with van der Waals surface area (Å²) in [5, 5.41) is 0.213. The third kappa shape index (κ3) is 2.38. The molecule has 1 rings (SSSR count). The minimum Gasteiger partial charge on any atom is -0.294 e. The Labute approximate surface area is 94.0 Å². The van der Waals surface area contributed by atoms with Gasteiger partial charge in [0, 0.05) is 11.8 Å². The van der Waals surface area contributed by atoms with Crippen molar-refractivity contribution >= 4 is 27.2 Å². The van der Waals surface area contributed by atoms with Crippen LogP contribution in [0.2, 0.25) is 5.02 Å². The van der Waals surface area contributed by atoms with Crippen LogP contribution in [0.25, 0.3) is 0 Å². The second-order valence-electron chi connectivity index (χ2n) is 3.38. The van der Waals surface area contributed by atoms with Crippen LogP contribution in [0.3, 0.4) is 0 Å². The number of hydrogen-bond acceptors (Lipinski definition) is 3. The molecule has 15 heavy (non-hydrogen) atoms. The lowest BCUT2D eigenvalue weighted by molar-refractivity contribution is 0.101. The SMILES string of the molecule is CC(=O)c1ccc(S(C)(=O)=O)c(C)c1Cl. The van der Waals surface area contributed by atoms with Gasteiger partial charge in [0.1, 0.15) is 0 Å². The van der Waals surface area contributed by atoms with Gasteiger partial charge in [0.2, 0.25) is 0 Å². The standard InChI is InChI=1S/C10H11ClO3S/c1-6-9(15(3,13)14)5-4-8(7(2)12)10(6)11/h4-5H,1-3H3. The van der Waals surface area contributed by atoms with Gasteiger partial charge >= 0.3 is 0 Å². The summed E-state index contributed by atoms with van der Waals surface area (Å²) in [5.41, 5.74) is 0.772. The van der Waals surface area contributed by atoms with Crippen molar-refractivity contribution in [2.24, 2.45) is 0 Å². The average Bonchev–Trinajstić information content (AvgIpc) is 2.06. The van der Waals surface area contributed by atoms with Crippen molar-refractivity contribution in [3.05, 3.63) is 28.3 Å². The maximum Gasteiger partial charge on any atom is 0.175 e. The number of sulfone groups is 1. The number of ketones is 1. The van der Waals surface area contributed by atoms with Crippen LogP contribution < -0.4 is 0 Å². The van der Waals surface area contributed by atoms with Crippen molar-refractivity contribution in [2.45, 2.75) is 18.7 Å². The number of carbonyl (C=O) groups is 1. The van der Waals surface area contributed by atoms with E-state index in [-0.39, 0.29) is 15.7 Å². The van der Waals surface area contributed by atoms with Crippen LogP contribution in [0.1, 0.15) is 22.8 Å². The topological polar surface area (TPSA) is 51.2 Å². The zero-order valence-electron chi connectivity index (χ0n) is 8.67. The molecule has 0 aliphatic carbocycles. The summed E-state index contributed by atoms with van der Waals surface area (Å²) >= 11 is 5.91. The molecular weight excluding hydrogens is 236 g/mol. The highest BCUT2D eigenvalue weighted by Gasteiger charge is 2.16. The molecule has 0 aliphatic rings. The largest absolute Gasteiger partial charge is 0.294 e. The monoisotopic (exact) mass is 246 g/mol. The highest BCUT2D eigenvalue weighted by molar-refractivity contribution is 7.90. The van der Waals surface area contributed by atoms with Gasteiger partial charge < -0.3 is 0 Å². The molecule has 0 spiro atoms. The lowest BCUT2D eigenvalue weighted by Gasteiger charge is -2.08. The Morgan fingerprint density at radius 3 is 2.27 bits per heavy atom. The van der Waals surface area contributed by atoms with Crippen LogP contribution in [0.4, 0.5) is 0 Å². The number of benzene rings is 1. The second-order valence-corrected chi connectivity index (χ2v) is 5.74. The first-order valence-electron chi connectivity index (χ1n) is 4.25. The van der Waals surface area contributed by atoms with Crippen molar-refractivity contribution < 1.29 is 13.2 Å². The van der Waals surface area contributed by atoms with Gasteiger partial charge in [-0.05, 0) is 31.5 Å². The number of Topliss-reactive ketones (excluding diaryl/α,β-unsaturated/α-hetero) is 1. The first kappa shape index (κ1) is 12.2. The molecule has 0 aromatic heterocycles. The van der Waals surface area contributed by atoms with Crippen molar-refractivity contribution in [3.63, 3.8) is 0 Å². The van der Waals surface area contributed by atoms with E-state index < -0.39 is 9.84 Å². The molecule has 0 N–H and O–H groups in total. The molecule has 0 saturated carbocycles. The molecule has 0 bridgehead atoms. The fourth-order valence-corrected chi connectivity index (χ4v) is 2.67. The Morgan fingerprint density at radius 2 is 1.87 bits per heavy atom. The molecule has 0 radical (unpaired) electrons. The van der Waals surface area contributed by atoms with Crippen LogP contribution >= 0.6 is 11.6 Å². The molecule has 0 saturated heterocycles. The molecule has 82 valence electrons. The highest BCUT2D eigenvalue weighted by Crippen LogP contribution is 2.27. The maximum absolute atomic E-state index is 11.3. The van der Waals surface area contributed by atoms with Gasteiger partial charge in [-0.3, -0.25) is 4.79 Å². The van der Waals surface area contributed by atoms with E-state index >= 15 is 0 Å². The van der Waals surface area contributed by atoms with Gasteiger partial charge in [-0.1, -0.05) is 11.6 Å². The fraction of sp³-hybridized carbons (Fsp3) is 0.300. The molecule has 0 aliphatic heterocycles. The zero-order valence-corrected chi connectivity index (χ0v) is 10.2. The molecule has 1 aromatic rings. The minimum atomic E-state index is -3.29. The molecule has 5 heteroatoms. The first-order valence-corrected chi connectivity index (χ1v) is 6.52. The Balaban J connectivity index is 3.55. The predicted octanol–water partition coefficient (Wildman–Crippen LogP) is 2.25. The number of hydrogen-bond donors (Lipinski definition) is 0.